The summed E-state index contributed by atoms with van der Waals surface area (Å²) in [6.07, 6.45) is 0.502. The van der Waals surface area contributed by atoms with Crippen LogP contribution in [-0.2, 0) is 16.1 Å². The van der Waals surface area contributed by atoms with E-state index in [1.807, 2.05) is 0 Å². The van der Waals surface area contributed by atoms with Crippen molar-refractivity contribution >= 4 is 11.9 Å². The third-order valence-electron chi connectivity index (χ3n) is 3.04. The Morgan fingerprint density at radius 1 is 1.58 bits per heavy atom. The van der Waals surface area contributed by atoms with E-state index in [1.165, 1.54) is 0 Å². The zero-order valence-corrected chi connectivity index (χ0v) is 11.1. The minimum absolute atomic E-state index is 0.133. The summed E-state index contributed by atoms with van der Waals surface area (Å²) >= 11 is 0. The summed E-state index contributed by atoms with van der Waals surface area (Å²) in [7, 11) is 1.79. The largest absolute Gasteiger partial charge is 0.460 e. The van der Waals surface area contributed by atoms with E-state index in [9.17, 15) is 9.59 Å². The molecule has 1 aliphatic rings. The lowest BCUT2D eigenvalue weighted by molar-refractivity contribution is -0.126. The monoisotopic (exact) mass is 266 g/mol. The highest BCUT2D eigenvalue weighted by molar-refractivity contribution is 5.86. The van der Waals surface area contributed by atoms with E-state index in [0.29, 0.717) is 31.9 Å². The summed E-state index contributed by atoms with van der Waals surface area (Å²) < 4.78 is 10.2. The molecule has 0 saturated carbocycles. The summed E-state index contributed by atoms with van der Waals surface area (Å²) in [5, 5.41) is 3.23. The number of nitrogens with one attached hydrogen (secondary N) is 1. The number of esters is 1. The molecule has 2 heterocycles. The second-order valence-corrected chi connectivity index (χ2v) is 4.54. The van der Waals surface area contributed by atoms with Crippen molar-refractivity contribution in [3.63, 3.8) is 0 Å². The molecule has 1 saturated heterocycles. The van der Waals surface area contributed by atoms with Crippen molar-refractivity contribution in [3.05, 3.63) is 23.7 Å². The number of carbonyl (C=O) groups is 2. The van der Waals surface area contributed by atoms with Crippen LogP contribution >= 0.6 is 0 Å². The van der Waals surface area contributed by atoms with Crippen LogP contribution in [0.4, 0.5) is 0 Å². The van der Waals surface area contributed by atoms with E-state index < -0.39 is 5.97 Å². The zero-order chi connectivity index (χ0) is 13.8. The van der Waals surface area contributed by atoms with Crippen molar-refractivity contribution < 1.29 is 18.7 Å². The molecule has 1 amide bonds. The SMILES string of the molecule is CCOC(=O)c1ccc(CNC2CC(=O)N(C)C2)o1. The molecule has 1 unspecified atom stereocenters. The van der Waals surface area contributed by atoms with Gasteiger partial charge in [0.2, 0.25) is 11.7 Å². The number of nitrogens with zero attached hydrogens (tertiary/aromatic N) is 1. The zero-order valence-electron chi connectivity index (χ0n) is 11.1. The molecule has 6 nitrogen and oxygen atoms in total. The van der Waals surface area contributed by atoms with Crippen molar-refractivity contribution in [1.82, 2.24) is 10.2 Å². The Hall–Kier alpha value is -1.82. The maximum atomic E-state index is 11.4. The quantitative estimate of drug-likeness (QED) is 0.797. The molecule has 1 aromatic rings. The Labute approximate surface area is 111 Å². The second-order valence-electron chi connectivity index (χ2n) is 4.54. The van der Waals surface area contributed by atoms with Crippen LogP contribution in [0.2, 0.25) is 0 Å². The standard InChI is InChI=1S/C13H18N2O4/c1-3-18-13(17)11-5-4-10(19-11)7-14-9-6-12(16)15(2)8-9/h4-5,9,14H,3,6-8H2,1-2H3. The van der Waals surface area contributed by atoms with E-state index in [4.69, 9.17) is 9.15 Å². The minimum Gasteiger partial charge on any atom is -0.460 e. The first-order chi connectivity index (χ1) is 9.10. The Morgan fingerprint density at radius 3 is 3.00 bits per heavy atom. The Kier molecular flexibility index (Phi) is 4.21. The van der Waals surface area contributed by atoms with Gasteiger partial charge < -0.3 is 19.4 Å². The van der Waals surface area contributed by atoms with E-state index in [0.717, 1.165) is 0 Å². The van der Waals surface area contributed by atoms with Crippen molar-refractivity contribution in [2.75, 3.05) is 20.2 Å². The van der Waals surface area contributed by atoms with Gasteiger partial charge in [-0.25, -0.2) is 4.79 Å². The van der Waals surface area contributed by atoms with E-state index in [-0.39, 0.29) is 17.7 Å². The lowest BCUT2D eigenvalue weighted by atomic mass is 10.2. The van der Waals surface area contributed by atoms with Crippen LogP contribution in [0.5, 0.6) is 0 Å². The van der Waals surface area contributed by atoms with Gasteiger partial charge in [0.25, 0.3) is 0 Å². The van der Waals surface area contributed by atoms with Crippen LogP contribution in [-0.4, -0.2) is 43.0 Å². The molecule has 0 radical (unpaired) electrons. The molecule has 1 aromatic heterocycles. The fraction of sp³-hybridized carbons (Fsp3) is 0.538. The van der Waals surface area contributed by atoms with Gasteiger partial charge in [-0.15, -0.1) is 0 Å². The number of hydrogen-bond acceptors (Lipinski definition) is 5. The second kappa shape index (κ2) is 5.88. The van der Waals surface area contributed by atoms with Gasteiger partial charge in [0, 0.05) is 26.1 Å². The lowest BCUT2D eigenvalue weighted by Gasteiger charge is -2.10. The maximum absolute atomic E-state index is 11.4. The highest BCUT2D eigenvalue weighted by Crippen LogP contribution is 2.12. The van der Waals surface area contributed by atoms with Gasteiger partial charge in [0.1, 0.15) is 5.76 Å². The van der Waals surface area contributed by atoms with Crippen molar-refractivity contribution in [1.29, 1.82) is 0 Å². The first kappa shape index (κ1) is 13.6. The number of rotatable bonds is 5. The van der Waals surface area contributed by atoms with Crippen LogP contribution in [0.1, 0.15) is 29.7 Å². The lowest BCUT2D eigenvalue weighted by Crippen LogP contribution is -2.30. The molecule has 0 aliphatic carbocycles. The number of ether oxygens (including phenoxy) is 1. The van der Waals surface area contributed by atoms with Gasteiger partial charge in [-0.05, 0) is 19.1 Å². The molecule has 2 rings (SSSR count). The van der Waals surface area contributed by atoms with Crippen molar-refractivity contribution in [3.8, 4) is 0 Å². The van der Waals surface area contributed by atoms with E-state index >= 15 is 0 Å². The molecule has 104 valence electrons. The van der Waals surface area contributed by atoms with Crippen molar-refractivity contribution in [2.24, 2.45) is 0 Å². The van der Waals surface area contributed by atoms with Crippen molar-refractivity contribution in [2.45, 2.75) is 25.9 Å². The first-order valence-electron chi connectivity index (χ1n) is 6.33. The highest BCUT2D eigenvalue weighted by atomic mass is 16.5. The minimum atomic E-state index is -0.454. The topological polar surface area (TPSA) is 71.8 Å². The van der Waals surface area contributed by atoms with Gasteiger partial charge in [0.15, 0.2) is 0 Å². The summed E-state index contributed by atoms with van der Waals surface area (Å²) in [4.78, 5) is 24.5. The molecular weight excluding hydrogens is 248 g/mol. The molecule has 19 heavy (non-hydrogen) atoms. The predicted molar refractivity (Wildman–Crippen MR) is 67.5 cm³/mol. The summed E-state index contributed by atoms with van der Waals surface area (Å²) in [6, 6.07) is 3.47. The number of likely N-dealkylation sites (N-methyl/N-ethyl adjacent to an activating group) is 1. The average molecular weight is 266 g/mol. The number of amides is 1. The van der Waals surface area contributed by atoms with Crippen LogP contribution in [0.25, 0.3) is 0 Å². The number of carbonyl (C=O) groups excluding carboxylic acids is 2. The van der Waals surface area contributed by atoms with E-state index in [1.54, 1.807) is 31.0 Å². The molecule has 0 spiro atoms. The summed E-state index contributed by atoms with van der Waals surface area (Å²) in [5.74, 6) is 0.553. The molecule has 1 N–H and O–H groups in total. The van der Waals surface area contributed by atoms with Crippen LogP contribution in [0.15, 0.2) is 16.5 Å². The van der Waals surface area contributed by atoms with Gasteiger partial charge in [0.05, 0.1) is 13.2 Å². The molecular formula is C13H18N2O4. The van der Waals surface area contributed by atoms with Crippen LogP contribution in [0, 0.1) is 0 Å². The fourth-order valence-electron chi connectivity index (χ4n) is 2.03. The number of furan rings is 1. The molecule has 0 bridgehead atoms. The molecule has 1 atom stereocenters. The fourth-order valence-corrected chi connectivity index (χ4v) is 2.03. The first-order valence-corrected chi connectivity index (χ1v) is 6.33. The Balaban J connectivity index is 1.84. The smallest absolute Gasteiger partial charge is 0.374 e. The van der Waals surface area contributed by atoms with Gasteiger partial charge in [-0.2, -0.15) is 0 Å². The summed E-state index contributed by atoms with van der Waals surface area (Å²) in [5.41, 5.74) is 0. The number of likely N-dealkylation sites (tertiary alicyclic amines) is 1. The predicted octanol–water partition coefficient (Wildman–Crippen LogP) is 0.777. The molecule has 1 fully saturated rings. The average Bonchev–Trinajstić information content (AvgIpc) is 2.95. The molecule has 6 heteroatoms. The normalized spacial score (nSPS) is 18.9. The van der Waals surface area contributed by atoms with Crippen LogP contribution in [0.3, 0.4) is 0 Å². The third-order valence-corrected chi connectivity index (χ3v) is 3.04. The Bertz CT molecular complexity index is 469. The highest BCUT2D eigenvalue weighted by Gasteiger charge is 2.26. The molecule has 1 aliphatic heterocycles. The van der Waals surface area contributed by atoms with Crippen LogP contribution < -0.4 is 5.32 Å². The summed E-state index contributed by atoms with van der Waals surface area (Å²) in [6.45, 7) is 3.26. The van der Waals surface area contributed by atoms with Gasteiger partial charge >= 0.3 is 5.97 Å². The van der Waals surface area contributed by atoms with E-state index in [2.05, 4.69) is 5.32 Å². The maximum Gasteiger partial charge on any atom is 0.374 e. The third kappa shape index (κ3) is 3.35. The number of hydrogen-bond donors (Lipinski definition) is 1. The molecule has 0 aromatic carbocycles. The Morgan fingerprint density at radius 2 is 2.37 bits per heavy atom. The van der Waals surface area contributed by atoms with Gasteiger partial charge in [-0.1, -0.05) is 0 Å². The van der Waals surface area contributed by atoms with Gasteiger partial charge in [-0.3, -0.25) is 4.79 Å².